The summed E-state index contributed by atoms with van der Waals surface area (Å²) in [5.74, 6) is -0.494. The lowest BCUT2D eigenvalue weighted by molar-refractivity contribution is -0.902. The van der Waals surface area contributed by atoms with Gasteiger partial charge in [-0.2, -0.15) is 0 Å². The molecule has 14 heavy (non-hydrogen) atoms. The zero-order chi connectivity index (χ0) is 10.2. The lowest BCUT2D eigenvalue weighted by Crippen LogP contribution is -2.60. The summed E-state index contributed by atoms with van der Waals surface area (Å²) >= 11 is 0. The Morgan fingerprint density at radius 3 is 2.36 bits per heavy atom. The van der Waals surface area contributed by atoms with Gasteiger partial charge < -0.3 is 9.85 Å². The third kappa shape index (κ3) is 1.46. The molecule has 0 spiro atoms. The Kier molecular flexibility index (Phi) is 2.16. The number of piperidine rings is 1. The van der Waals surface area contributed by atoms with Crippen molar-refractivity contribution in [3.05, 3.63) is 5.21 Å². The Bertz CT molecular complexity index is 273. The third-order valence-corrected chi connectivity index (χ3v) is 2.80. The summed E-state index contributed by atoms with van der Waals surface area (Å²) in [6.07, 6.45) is 1.75. The predicted molar refractivity (Wildman–Crippen MR) is 47.7 cm³/mol. The average molecular weight is 199 g/mol. The molecule has 1 atom stereocenters. The van der Waals surface area contributed by atoms with Crippen LogP contribution in [-0.4, -0.2) is 35.8 Å². The largest absolute Gasteiger partial charge is 0.631 e. The highest BCUT2D eigenvalue weighted by Gasteiger charge is 2.42. The van der Waals surface area contributed by atoms with E-state index in [1.54, 1.807) is 0 Å². The summed E-state index contributed by atoms with van der Waals surface area (Å²) in [6.45, 7) is 0.830. The lowest BCUT2D eigenvalue weighted by atomic mass is 10.1. The van der Waals surface area contributed by atoms with E-state index >= 15 is 0 Å². The number of hydrogen-bond acceptors (Lipinski definition) is 3. The first-order valence-electron chi connectivity index (χ1n) is 4.81. The summed E-state index contributed by atoms with van der Waals surface area (Å²) in [5.41, 5.74) is 0. The van der Waals surface area contributed by atoms with E-state index in [2.05, 4.69) is 10.6 Å². The minimum Gasteiger partial charge on any atom is -0.631 e. The summed E-state index contributed by atoms with van der Waals surface area (Å²) in [7, 11) is 0. The molecule has 0 aromatic carbocycles. The maximum Gasteiger partial charge on any atom is 0.326 e. The van der Waals surface area contributed by atoms with Gasteiger partial charge in [-0.05, 0) is 19.3 Å². The van der Waals surface area contributed by atoms with E-state index in [1.807, 2.05) is 0 Å². The third-order valence-electron chi connectivity index (χ3n) is 2.80. The number of hydrogen-bond donors (Lipinski definition) is 2. The van der Waals surface area contributed by atoms with Gasteiger partial charge in [0.2, 0.25) is 6.17 Å². The van der Waals surface area contributed by atoms with Crippen molar-refractivity contribution in [1.29, 1.82) is 0 Å². The molecule has 0 aromatic rings. The Morgan fingerprint density at radius 2 is 1.86 bits per heavy atom. The van der Waals surface area contributed by atoms with Gasteiger partial charge in [-0.25, -0.2) is 4.79 Å². The van der Waals surface area contributed by atoms with Crippen LogP contribution in [-0.2, 0) is 4.79 Å². The van der Waals surface area contributed by atoms with Crippen LogP contribution in [0.1, 0.15) is 19.3 Å². The highest BCUT2D eigenvalue weighted by atomic mass is 16.6. The van der Waals surface area contributed by atoms with Gasteiger partial charge in [-0.1, -0.05) is 0 Å². The van der Waals surface area contributed by atoms with Crippen LogP contribution in [0.4, 0.5) is 4.79 Å². The SMILES string of the molecule is O=C1NC(=O)C([N+]2([O-])CCCCC2)N1. The molecule has 2 aliphatic rings. The van der Waals surface area contributed by atoms with Crippen LogP contribution >= 0.6 is 0 Å². The molecule has 2 saturated heterocycles. The number of nitrogens with one attached hydrogen (secondary N) is 2. The molecule has 3 amide bonds. The van der Waals surface area contributed by atoms with Crippen molar-refractivity contribution in [3.8, 4) is 0 Å². The van der Waals surface area contributed by atoms with Crippen LogP contribution in [0.25, 0.3) is 0 Å². The maximum absolute atomic E-state index is 12.1. The fraction of sp³-hybridized carbons (Fsp3) is 0.750. The second-order valence-electron chi connectivity index (χ2n) is 3.83. The molecule has 2 rings (SSSR count). The second-order valence-corrected chi connectivity index (χ2v) is 3.83. The molecule has 6 nitrogen and oxygen atoms in total. The molecule has 0 aromatic heterocycles. The van der Waals surface area contributed by atoms with E-state index in [4.69, 9.17) is 0 Å². The number of quaternary nitrogens is 1. The molecule has 1 unspecified atom stereocenters. The minimum absolute atomic E-state index is 0.415. The summed E-state index contributed by atoms with van der Waals surface area (Å²) in [5, 5.41) is 16.6. The van der Waals surface area contributed by atoms with Crippen molar-refractivity contribution < 1.29 is 14.2 Å². The van der Waals surface area contributed by atoms with Gasteiger partial charge in [0, 0.05) is 0 Å². The molecule has 2 aliphatic heterocycles. The Balaban J connectivity index is 2.12. The predicted octanol–water partition coefficient (Wildman–Crippen LogP) is -0.350. The standard InChI is InChI=1S/C8H13N3O3/c12-7-6(9-8(13)10-7)11(14)4-2-1-3-5-11/h6H,1-5H2,(H2,9,10,12,13). The highest BCUT2D eigenvalue weighted by molar-refractivity contribution is 6.03. The van der Waals surface area contributed by atoms with E-state index in [0.717, 1.165) is 19.3 Å². The van der Waals surface area contributed by atoms with Gasteiger partial charge in [0.15, 0.2) is 0 Å². The number of amides is 3. The van der Waals surface area contributed by atoms with Crippen molar-refractivity contribution in [1.82, 2.24) is 10.6 Å². The van der Waals surface area contributed by atoms with Crippen molar-refractivity contribution in [2.45, 2.75) is 25.4 Å². The van der Waals surface area contributed by atoms with E-state index in [0.29, 0.717) is 13.1 Å². The van der Waals surface area contributed by atoms with Gasteiger partial charge in [-0.15, -0.1) is 0 Å². The first-order chi connectivity index (χ1) is 6.62. The Labute approximate surface area is 81.4 Å². The minimum atomic E-state index is -0.928. The first kappa shape index (κ1) is 9.42. The smallest absolute Gasteiger partial charge is 0.326 e. The van der Waals surface area contributed by atoms with Crippen LogP contribution < -0.4 is 10.6 Å². The van der Waals surface area contributed by atoms with E-state index in [9.17, 15) is 14.8 Å². The van der Waals surface area contributed by atoms with Gasteiger partial charge in [0.1, 0.15) is 0 Å². The number of carbonyl (C=O) groups excluding carboxylic acids is 2. The number of likely N-dealkylation sites (tertiary alicyclic amines) is 1. The molecular weight excluding hydrogens is 186 g/mol. The topological polar surface area (TPSA) is 81.3 Å². The normalized spacial score (nSPS) is 31.1. The van der Waals surface area contributed by atoms with Crippen LogP contribution in [0.15, 0.2) is 0 Å². The van der Waals surface area contributed by atoms with E-state index < -0.39 is 22.8 Å². The fourth-order valence-corrected chi connectivity index (χ4v) is 2.04. The van der Waals surface area contributed by atoms with Crippen molar-refractivity contribution in [2.75, 3.05) is 13.1 Å². The monoisotopic (exact) mass is 199 g/mol. The molecule has 2 N–H and O–H groups in total. The van der Waals surface area contributed by atoms with Crippen molar-refractivity contribution >= 4 is 11.9 Å². The van der Waals surface area contributed by atoms with Crippen molar-refractivity contribution in [2.24, 2.45) is 0 Å². The van der Waals surface area contributed by atoms with Crippen LogP contribution in [0, 0.1) is 5.21 Å². The zero-order valence-electron chi connectivity index (χ0n) is 7.78. The zero-order valence-corrected chi connectivity index (χ0v) is 7.78. The molecular formula is C8H13N3O3. The Morgan fingerprint density at radius 1 is 1.21 bits per heavy atom. The lowest BCUT2D eigenvalue weighted by Gasteiger charge is -2.47. The number of hydroxylamine groups is 3. The fourth-order valence-electron chi connectivity index (χ4n) is 2.04. The molecule has 2 fully saturated rings. The maximum atomic E-state index is 12.1. The second kappa shape index (κ2) is 3.21. The number of rotatable bonds is 1. The van der Waals surface area contributed by atoms with Gasteiger partial charge in [-0.3, -0.25) is 15.4 Å². The molecule has 0 saturated carbocycles. The molecule has 6 heteroatoms. The molecule has 2 heterocycles. The van der Waals surface area contributed by atoms with Crippen molar-refractivity contribution in [3.63, 3.8) is 0 Å². The average Bonchev–Trinajstić information content (AvgIpc) is 2.47. The number of imide groups is 1. The number of carbonyl (C=O) groups is 2. The number of urea groups is 1. The van der Waals surface area contributed by atoms with Gasteiger partial charge >= 0.3 is 11.9 Å². The van der Waals surface area contributed by atoms with E-state index in [-0.39, 0.29) is 0 Å². The van der Waals surface area contributed by atoms with E-state index in [1.165, 1.54) is 0 Å². The highest BCUT2D eigenvalue weighted by Crippen LogP contribution is 2.21. The molecule has 0 bridgehead atoms. The molecule has 0 radical (unpaired) electrons. The molecule has 0 aliphatic carbocycles. The van der Waals surface area contributed by atoms with Crippen LogP contribution in [0.5, 0.6) is 0 Å². The summed E-state index contributed by atoms with van der Waals surface area (Å²) in [4.78, 5) is 22.1. The quantitative estimate of drug-likeness (QED) is 0.344. The van der Waals surface area contributed by atoms with Crippen LogP contribution in [0.2, 0.25) is 0 Å². The first-order valence-corrected chi connectivity index (χ1v) is 4.81. The Hall–Kier alpha value is -1.14. The van der Waals surface area contributed by atoms with Gasteiger partial charge in [0.05, 0.1) is 13.1 Å². The number of nitrogens with zero attached hydrogens (tertiary/aromatic N) is 1. The van der Waals surface area contributed by atoms with Crippen LogP contribution in [0.3, 0.4) is 0 Å². The summed E-state index contributed by atoms with van der Waals surface area (Å²) in [6, 6.07) is -0.557. The summed E-state index contributed by atoms with van der Waals surface area (Å²) < 4.78 is -0.600. The van der Waals surface area contributed by atoms with Gasteiger partial charge in [0.25, 0.3) is 0 Å². The molecule has 78 valence electrons.